The first-order chi connectivity index (χ1) is 12.2. The van der Waals surface area contributed by atoms with E-state index in [0.29, 0.717) is 0 Å². The molecule has 1 atom stereocenters. The van der Waals surface area contributed by atoms with Gasteiger partial charge in [0.2, 0.25) is 0 Å². The van der Waals surface area contributed by atoms with Gasteiger partial charge in [-0.15, -0.1) is 0 Å². The van der Waals surface area contributed by atoms with Crippen molar-refractivity contribution in [1.82, 2.24) is 0 Å². The molecule has 0 radical (unpaired) electrons. The molecule has 3 heteroatoms. The zero-order valence-corrected chi connectivity index (χ0v) is 19.7. The monoisotopic (exact) mass is 406 g/mol. The summed E-state index contributed by atoms with van der Waals surface area (Å²) >= 11 is 13.8. The Morgan fingerprint density at radius 2 is 0.800 bits per heavy atom. The molecule has 0 nitrogen and oxygen atoms in total. The van der Waals surface area contributed by atoms with Gasteiger partial charge in [0.1, 0.15) is 0 Å². The second-order valence-electron chi connectivity index (χ2n) is 7.87. The molecule has 0 aromatic rings. The summed E-state index contributed by atoms with van der Waals surface area (Å²) in [6.07, 6.45) is 24.5. The minimum atomic E-state index is 0.283. The van der Waals surface area contributed by atoms with Crippen LogP contribution in [0.2, 0.25) is 0 Å². The van der Waals surface area contributed by atoms with Gasteiger partial charge in [0.05, 0.1) is 0 Å². The normalized spacial score (nSPS) is 13.9. The van der Waals surface area contributed by atoms with E-state index in [2.05, 4.69) is 32.2 Å². The van der Waals surface area contributed by atoms with Gasteiger partial charge >= 0.3 is 0 Å². The molecule has 1 unspecified atom stereocenters. The summed E-state index contributed by atoms with van der Waals surface area (Å²) in [4.78, 5) is 0. The Labute approximate surface area is 176 Å². The van der Waals surface area contributed by atoms with E-state index < -0.39 is 0 Å². The zero-order chi connectivity index (χ0) is 18.6. The van der Waals surface area contributed by atoms with Crippen LogP contribution in [0.3, 0.4) is 0 Å². The van der Waals surface area contributed by atoms with Gasteiger partial charge in [-0.2, -0.15) is 37.9 Å². The van der Waals surface area contributed by atoms with E-state index in [0.717, 1.165) is 11.5 Å². The molecule has 0 N–H and O–H groups in total. The molecule has 0 aromatic heterocycles. The fraction of sp³-hybridized carbons (Fsp3) is 1.00. The minimum absolute atomic E-state index is 0.283. The number of hydrogen-bond donors (Lipinski definition) is 3. The predicted molar refractivity (Wildman–Crippen MR) is 128 cm³/mol. The maximum atomic E-state index is 5.16. The smallest absolute Gasteiger partial charge is 0.0130 e. The summed E-state index contributed by atoms with van der Waals surface area (Å²) in [6, 6.07) is 0. The highest BCUT2D eigenvalue weighted by atomic mass is 32.1. The van der Waals surface area contributed by atoms with Crippen molar-refractivity contribution in [3.63, 3.8) is 0 Å². The van der Waals surface area contributed by atoms with Gasteiger partial charge < -0.3 is 0 Å². The van der Waals surface area contributed by atoms with E-state index in [1.54, 1.807) is 0 Å². The molecule has 0 aliphatic carbocycles. The van der Waals surface area contributed by atoms with Crippen molar-refractivity contribution in [1.29, 1.82) is 0 Å². The Morgan fingerprint density at radius 1 is 0.480 bits per heavy atom. The molecular formula is C22H46S3. The van der Waals surface area contributed by atoms with Crippen LogP contribution in [0.4, 0.5) is 0 Å². The quantitative estimate of drug-likeness (QED) is 0.131. The molecule has 0 saturated heterocycles. The van der Waals surface area contributed by atoms with Crippen LogP contribution in [0.5, 0.6) is 0 Å². The second-order valence-corrected chi connectivity index (χ2v) is 9.71. The number of rotatable bonds is 20. The van der Waals surface area contributed by atoms with Crippen LogP contribution >= 0.6 is 37.9 Å². The maximum absolute atomic E-state index is 5.16. The first-order valence-corrected chi connectivity index (χ1v) is 12.8. The molecule has 0 fully saturated rings. The van der Waals surface area contributed by atoms with Crippen molar-refractivity contribution >= 4 is 37.9 Å². The van der Waals surface area contributed by atoms with Gasteiger partial charge in [0.25, 0.3) is 0 Å². The molecule has 0 saturated carbocycles. The van der Waals surface area contributed by atoms with Gasteiger partial charge in [0, 0.05) is 4.75 Å². The molecule has 0 bridgehead atoms. The summed E-state index contributed by atoms with van der Waals surface area (Å²) < 4.78 is 0.283. The predicted octanol–water partition coefficient (Wildman–Crippen LogP) is 8.56. The van der Waals surface area contributed by atoms with Gasteiger partial charge in [-0.05, 0) is 43.6 Å². The van der Waals surface area contributed by atoms with Crippen molar-refractivity contribution in [2.75, 3.05) is 11.5 Å². The topological polar surface area (TPSA) is 0 Å². The molecule has 0 aliphatic rings. The van der Waals surface area contributed by atoms with Gasteiger partial charge in [-0.25, -0.2) is 0 Å². The van der Waals surface area contributed by atoms with E-state index in [1.165, 1.54) is 116 Å². The molecule has 152 valence electrons. The maximum Gasteiger partial charge on any atom is 0.0130 e. The fourth-order valence-electron chi connectivity index (χ4n) is 3.62. The Morgan fingerprint density at radius 3 is 1.24 bits per heavy atom. The Bertz CT molecular complexity index is 258. The first kappa shape index (κ1) is 26.1. The average molecular weight is 407 g/mol. The number of hydrogen-bond acceptors (Lipinski definition) is 3. The number of unbranched alkanes of at least 4 members (excludes halogenated alkanes) is 12. The van der Waals surface area contributed by atoms with E-state index in [-0.39, 0.29) is 4.75 Å². The van der Waals surface area contributed by atoms with Gasteiger partial charge in [-0.1, -0.05) is 90.4 Å². The lowest BCUT2D eigenvalue weighted by atomic mass is 9.89. The fourth-order valence-corrected chi connectivity index (χ4v) is 4.55. The first-order valence-electron chi connectivity index (χ1n) is 11.1. The van der Waals surface area contributed by atoms with Crippen molar-refractivity contribution in [2.24, 2.45) is 0 Å². The molecule has 0 heterocycles. The van der Waals surface area contributed by atoms with Gasteiger partial charge in [-0.3, -0.25) is 0 Å². The summed E-state index contributed by atoms with van der Waals surface area (Å²) in [6.45, 7) is 2.29. The van der Waals surface area contributed by atoms with E-state index in [4.69, 9.17) is 12.6 Å². The van der Waals surface area contributed by atoms with Crippen LogP contribution in [-0.4, -0.2) is 16.3 Å². The van der Waals surface area contributed by atoms with Crippen LogP contribution in [0.15, 0.2) is 0 Å². The Balaban J connectivity index is 3.84. The van der Waals surface area contributed by atoms with Gasteiger partial charge in [0.15, 0.2) is 0 Å². The van der Waals surface area contributed by atoms with E-state index in [9.17, 15) is 0 Å². The third-order valence-electron chi connectivity index (χ3n) is 5.35. The standard InChI is InChI=1S/C22H46S3/c1-2-3-4-5-6-7-8-9-12-17-22(25,19-14-16-21-24)18-13-10-11-15-20-23/h23-25H,2-21H2,1H3. The SMILES string of the molecule is CCCCCCCCCCCC(S)(CCCCS)CCCCCCS. The largest absolute Gasteiger partial charge is 0.179 e. The van der Waals surface area contributed by atoms with Crippen LogP contribution < -0.4 is 0 Å². The summed E-state index contributed by atoms with van der Waals surface area (Å²) in [5.41, 5.74) is 0. The Kier molecular flexibility index (Phi) is 20.6. The highest BCUT2D eigenvalue weighted by Crippen LogP contribution is 2.34. The van der Waals surface area contributed by atoms with Crippen molar-refractivity contribution < 1.29 is 0 Å². The molecule has 25 heavy (non-hydrogen) atoms. The lowest BCUT2D eigenvalue weighted by molar-refractivity contribution is 0.414. The van der Waals surface area contributed by atoms with Crippen LogP contribution in [0.1, 0.15) is 122 Å². The summed E-state index contributed by atoms with van der Waals surface area (Å²) in [7, 11) is 0. The van der Waals surface area contributed by atoms with Crippen molar-refractivity contribution in [2.45, 2.75) is 127 Å². The van der Waals surface area contributed by atoms with Crippen molar-refractivity contribution in [3.8, 4) is 0 Å². The zero-order valence-electron chi connectivity index (χ0n) is 17.0. The summed E-state index contributed by atoms with van der Waals surface area (Å²) in [5.74, 6) is 2.05. The average Bonchev–Trinajstić information content (AvgIpc) is 2.60. The third kappa shape index (κ3) is 18.2. The summed E-state index contributed by atoms with van der Waals surface area (Å²) in [5, 5.41) is 0. The molecule has 0 aromatic carbocycles. The molecule has 0 aliphatic heterocycles. The van der Waals surface area contributed by atoms with E-state index >= 15 is 0 Å². The molecule has 0 amide bonds. The highest BCUT2D eigenvalue weighted by Gasteiger charge is 2.23. The molecular weight excluding hydrogens is 360 g/mol. The van der Waals surface area contributed by atoms with Crippen LogP contribution in [0.25, 0.3) is 0 Å². The van der Waals surface area contributed by atoms with Crippen LogP contribution in [-0.2, 0) is 0 Å². The number of thiol groups is 3. The van der Waals surface area contributed by atoms with Crippen LogP contribution in [0, 0.1) is 0 Å². The van der Waals surface area contributed by atoms with E-state index in [1.807, 2.05) is 0 Å². The molecule has 0 rings (SSSR count). The third-order valence-corrected chi connectivity index (χ3v) is 6.65. The molecule has 0 spiro atoms. The second kappa shape index (κ2) is 19.8. The lowest BCUT2D eigenvalue weighted by Crippen LogP contribution is -2.21. The lowest BCUT2D eigenvalue weighted by Gasteiger charge is -2.29. The Hall–Kier alpha value is 1.05. The highest BCUT2D eigenvalue weighted by molar-refractivity contribution is 7.81. The van der Waals surface area contributed by atoms with Crippen molar-refractivity contribution in [3.05, 3.63) is 0 Å². The minimum Gasteiger partial charge on any atom is -0.179 e.